The Morgan fingerprint density at radius 1 is 1.60 bits per heavy atom. The molecule has 0 saturated carbocycles. The van der Waals surface area contributed by atoms with Crippen LogP contribution in [0.5, 0.6) is 0 Å². The standard InChI is InChI=1S/C11H21NO3/c1-8(10(14)15-5)6-7-12-11(3,4)9(2)13/h6,9,12-13H,7H2,1-5H3. The van der Waals surface area contributed by atoms with Crippen molar-refractivity contribution in [2.45, 2.75) is 39.3 Å². The zero-order valence-corrected chi connectivity index (χ0v) is 10.1. The summed E-state index contributed by atoms with van der Waals surface area (Å²) >= 11 is 0. The molecule has 0 bridgehead atoms. The fraction of sp³-hybridized carbons (Fsp3) is 0.727. The first-order valence-electron chi connectivity index (χ1n) is 4.99. The lowest BCUT2D eigenvalue weighted by molar-refractivity contribution is -0.136. The van der Waals surface area contributed by atoms with Crippen molar-refractivity contribution in [3.63, 3.8) is 0 Å². The second-order valence-corrected chi connectivity index (χ2v) is 4.16. The highest BCUT2D eigenvalue weighted by molar-refractivity contribution is 5.87. The molecule has 0 amide bonds. The molecule has 88 valence electrons. The van der Waals surface area contributed by atoms with Crippen molar-refractivity contribution in [2.24, 2.45) is 0 Å². The van der Waals surface area contributed by atoms with E-state index in [4.69, 9.17) is 0 Å². The van der Waals surface area contributed by atoms with Gasteiger partial charge in [-0.05, 0) is 27.7 Å². The number of methoxy groups -OCH3 is 1. The summed E-state index contributed by atoms with van der Waals surface area (Å²) in [5, 5.41) is 12.6. The second-order valence-electron chi connectivity index (χ2n) is 4.16. The van der Waals surface area contributed by atoms with E-state index in [0.29, 0.717) is 12.1 Å². The van der Waals surface area contributed by atoms with Crippen LogP contribution in [0.15, 0.2) is 11.6 Å². The Morgan fingerprint density at radius 3 is 2.53 bits per heavy atom. The van der Waals surface area contributed by atoms with E-state index in [1.54, 1.807) is 19.9 Å². The highest BCUT2D eigenvalue weighted by atomic mass is 16.5. The number of aliphatic hydroxyl groups excluding tert-OH is 1. The Morgan fingerprint density at radius 2 is 2.13 bits per heavy atom. The molecular weight excluding hydrogens is 194 g/mol. The van der Waals surface area contributed by atoms with E-state index in [-0.39, 0.29) is 11.5 Å². The smallest absolute Gasteiger partial charge is 0.333 e. The lowest BCUT2D eigenvalue weighted by Gasteiger charge is -2.28. The second kappa shape index (κ2) is 5.88. The van der Waals surface area contributed by atoms with Gasteiger partial charge < -0.3 is 15.2 Å². The van der Waals surface area contributed by atoms with Crippen LogP contribution in [0.25, 0.3) is 0 Å². The predicted molar refractivity (Wildman–Crippen MR) is 59.5 cm³/mol. The van der Waals surface area contributed by atoms with Crippen LogP contribution >= 0.6 is 0 Å². The molecule has 0 heterocycles. The van der Waals surface area contributed by atoms with E-state index >= 15 is 0 Å². The first-order valence-corrected chi connectivity index (χ1v) is 4.99. The van der Waals surface area contributed by atoms with Gasteiger partial charge in [-0.1, -0.05) is 6.08 Å². The van der Waals surface area contributed by atoms with Crippen LogP contribution in [-0.4, -0.2) is 36.4 Å². The fourth-order valence-electron chi connectivity index (χ4n) is 0.859. The number of carbonyl (C=O) groups excluding carboxylic acids is 1. The van der Waals surface area contributed by atoms with Crippen molar-refractivity contribution in [2.75, 3.05) is 13.7 Å². The number of rotatable bonds is 5. The number of hydrogen-bond donors (Lipinski definition) is 2. The maximum Gasteiger partial charge on any atom is 0.333 e. The molecule has 0 rings (SSSR count). The summed E-state index contributed by atoms with van der Waals surface area (Å²) in [5.41, 5.74) is 0.193. The lowest BCUT2D eigenvalue weighted by Crippen LogP contribution is -2.48. The van der Waals surface area contributed by atoms with Gasteiger partial charge >= 0.3 is 5.97 Å². The number of esters is 1. The number of aliphatic hydroxyl groups is 1. The molecule has 0 aliphatic rings. The molecule has 1 unspecified atom stereocenters. The normalized spacial score (nSPS) is 14.9. The molecule has 15 heavy (non-hydrogen) atoms. The van der Waals surface area contributed by atoms with Crippen molar-refractivity contribution >= 4 is 5.97 Å². The quantitative estimate of drug-likeness (QED) is 0.527. The summed E-state index contributed by atoms with van der Waals surface area (Å²) in [5.74, 6) is -0.327. The monoisotopic (exact) mass is 215 g/mol. The summed E-state index contributed by atoms with van der Waals surface area (Å²) < 4.78 is 4.56. The Balaban J connectivity index is 4.13. The molecule has 0 radical (unpaired) electrons. The summed E-state index contributed by atoms with van der Waals surface area (Å²) in [7, 11) is 1.35. The van der Waals surface area contributed by atoms with E-state index in [0.717, 1.165) is 0 Å². The topological polar surface area (TPSA) is 58.6 Å². The molecule has 0 aliphatic heterocycles. The average molecular weight is 215 g/mol. The van der Waals surface area contributed by atoms with Crippen LogP contribution in [0.3, 0.4) is 0 Å². The highest BCUT2D eigenvalue weighted by Gasteiger charge is 2.22. The van der Waals surface area contributed by atoms with Gasteiger partial charge in [0.1, 0.15) is 0 Å². The van der Waals surface area contributed by atoms with Crippen molar-refractivity contribution < 1.29 is 14.6 Å². The van der Waals surface area contributed by atoms with Gasteiger partial charge in [0, 0.05) is 17.7 Å². The van der Waals surface area contributed by atoms with Gasteiger partial charge in [-0.15, -0.1) is 0 Å². The number of ether oxygens (including phenoxy) is 1. The molecule has 4 heteroatoms. The van der Waals surface area contributed by atoms with Gasteiger partial charge in [0.15, 0.2) is 0 Å². The average Bonchev–Trinajstić information content (AvgIpc) is 2.15. The van der Waals surface area contributed by atoms with Gasteiger partial charge in [0.05, 0.1) is 13.2 Å². The van der Waals surface area contributed by atoms with E-state index in [1.807, 2.05) is 13.8 Å². The Kier molecular flexibility index (Phi) is 5.54. The Bertz CT molecular complexity index is 244. The minimum absolute atomic E-state index is 0.327. The lowest BCUT2D eigenvalue weighted by atomic mass is 9.99. The van der Waals surface area contributed by atoms with E-state index in [2.05, 4.69) is 10.1 Å². The zero-order chi connectivity index (χ0) is 12.1. The number of nitrogens with one attached hydrogen (secondary N) is 1. The fourth-order valence-corrected chi connectivity index (χ4v) is 0.859. The van der Waals surface area contributed by atoms with Crippen LogP contribution in [0.4, 0.5) is 0 Å². The van der Waals surface area contributed by atoms with Crippen molar-refractivity contribution in [1.82, 2.24) is 5.32 Å². The third-order valence-corrected chi connectivity index (χ3v) is 2.52. The molecule has 0 aromatic heterocycles. The van der Waals surface area contributed by atoms with Crippen LogP contribution in [0, 0.1) is 0 Å². The highest BCUT2D eigenvalue weighted by Crippen LogP contribution is 2.07. The molecule has 4 nitrogen and oxygen atoms in total. The summed E-state index contributed by atoms with van der Waals surface area (Å²) in [6.45, 7) is 7.75. The molecular formula is C11H21NO3. The third kappa shape index (κ3) is 4.95. The minimum Gasteiger partial charge on any atom is -0.466 e. The van der Waals surface area contributed by atoms with E-state index < -0.39 is 6.10 Å². The molecule has 1 atom stereocenters. The maximum atomic E-state index is 11.0. The molecule has 0 aliphatic carbocycles. The van der Waals surface area contributed by atoms with Crippen molar-refractivity contribution in [1.29, 1.82) is 0 Å². The van der Waals surface area contributed by atoms with Gasteiger partial charge in [0.2, 0.25) is 0 Å². The first kappa shape index (κ1) is 14.1. The Labute approximate surface area is 91.3 Å². The molecule has 0 fully saturated rings. The molecule has 0 spiro atoms. The number of hydrogen-bond acceptors (Lipinski definition) is 4. The van der Waals surface area contributed by atoms with Crippen LogP contribution in [0.2, 0.25) is 0 Å². The third-order valence-electron chi connectivity index (χ3n) is 2.52. The minimum atomic E-state index is -0.454. The molecule has 0 saturated heterocycles. The largest absolute Gasteiger partial charge is 0.466 e. The SMILES string of the molecule is COC(=O)C(C)=CCNC(C)(C)C(C)O. The molecule has 2 N–H and O–H groups in total. The number of carbonyl (C=O) groups is 1. The van der Waals surface area contributed by atoms with Crippen LogP contribution in [0.1, 0.15) is 27.7 Å². The summed E-state index contributed by atoms with van der Waals surface area (Å²) in [6.07, 6.45) is 1.29. The predicted octanol–water partition coefficient (Wildman–Crippen LogP) is 0.855. The first-order chi connectivity index (χ1) is 6.81. The van der Waals surface area contributed by atoms with Gasteiger partial charge in [-0.25, -0.2) is 4.79 Å². The van der Waals surface area contributed by atoms with Crippen LogP contribution in [-0.2, 0) is 9.53 Å². The van der Waals surface area contributed by atoms with Crippen molar-refractivity contribution in [3.05, 3.63) is 11.6 Å². The van der Waals surface area contributed by atoms with Crippen molar-refractivity contribution in [3.8, 4) is 0 Å². The summed E-state index contributed by atoms with van der Waals surface area (Å²) in [4.78, 5) is 11.0. The molecule has 0 aromatic carbocycles. The van der Waals surface area contributed by atoms with Crippen LogP contribution < -0.4 is 5.32 Å². The van der Waals surface area contributed by atoms with Gasteiger partial charge in [-0.2, -0.15) is 0 Å². The van der Waals surface area contributed by atoms with Gasteiger partial charge in [0.25, 0.3) is 0 Å². The van der Waals surface area contributed by atoms with Gasteiger partial charge in [-0.3, -0.25) is 0 Å². The van der Waals surface area contributed by atoms with E-state index in [9.17, 15) is 9.90 Å². The molecule has 0 aromatic rings. The summed E-state index contributed by atoms with van der Waals surface area (Å²) in [6, 6.07) is 0. The Hall–Kier alpha value is -0.870. The zero-order valence-electron chi connectivity index (χ0n) is 10.1. The maximum absolute atomic E-state index is 11.0. The van der Waals surface area contributed by atoms with E-state index in [1.165, 1.54) is 7.11 Å².